The third kappa shape index (κ3) is 5.12. The number of unbranched alkanes of at least 4 members (excludes halogenated alkanes) is 4. The quantitative estimate of drug-likeness (QED) is 0.644. The van der Waals surface area contributed by atoms with Gasteiger partial charge in [0.25, 0.3) is 0 Å². The van der Waals surface area contributed by atoms with Crippen molar-refractivity contribution in [2.45, 2.75) is 43.9 Å². The molecular weight excluding hydrogens is 204 g/mol. The van der Waals surface area contributed by atoms with E-state index in [1.165, 1.54) is 25.7 Å². The first-order chi connectivity index (χ1) is 7.34. The summed E-state index contributed by atoms with van der Waals surface area (Å²) in [6.07, 6.45) is 6.15. The molecule has 2 heteroatoms. The van der Waals surface area contributed by atoms with Crippen molar-refractivity contribution in [3.8, 4) is 0 Å². The highest BCUT2D eigenvalue weighted by Gasteiger charge is 2.01. The van der Waals surface area contributed by atoms with Crippen LogP contribution in [-0.2, 0) is 10.8 Å². The summed E-state index contributed by atoms with van der Waals surface area (Å²) in [7, 11) is -0.789. The number of hydrogen-bond donors (Lipinski definition) is 0. The lowest BCUT2D eigenvalue weighted by Gasteiger charge is -2.01. The van der Waals surface area contributed by atoms with Crippen LogP contribution in [0.1, 0.15) is 39.0 Å². The van der Waals surface area contributed by atoms with Crippen LogP contribution in [0.3, 0.4) is 0 Å². The highest BCUT2D eigenvalue weighted by Crippen LogP contribution is 2.09. The van der Waals surface area contributed by atoms with Gasteiger partial charge in [-0.05, 0) is 18.6 Å². The largest absolute Gasteiger partial charge is 0.254 e. The van der Waals surface area contributed by atoms with Crippen molar-refractivity contribution in [3.05, 3.63) is 30.3 Å². The van der Waals surface area contributed by atoms with E-state index in [1.807, 2.05) is 30.3 Å². The monoisotopic (exact) mass is 224 g/mol. The maximum absolute atomic E-state index is 11.8. The average molecular weight is 224 g/mol. The third-order valence-electron chi connectivity index (χ3n) is 2.44. The van der Waals surface area contributed by atoms with Crippen molar-refractivity contribution < 1.29 is 4.21 Å². The van der Waals surface area contributed by atoms with Crippen LogP contribution < -0.4 is 0 Å². The predicted octanol–water partition coefficient (Wildman–Crippen LogP) is 3.76. The summed E-state index contributed by atoms with van der Waals surface area (Å²) >= 11 is 0. The van der Waals surface area contributed by atoms with E-state index in [1.54, 1.807) is 0 Å². The molecule has 0 N–H and O–H groups in total. The van der Waals surface area contributed by atoms with Crippen LogP contribution in [0.15, 0.2) is 35.2 Å². The first-order valence-electron chi connectivity index (χ1n) is 5.78. The zero-order valence-electron chi connectivity index (χ0n) is 9.45. The van der Waals surface area contributed by atoms with Crippen LogP contribution in [0.25, 0.3) is 0 Å². The second-order valence-electron chi connectivity index (χ2n) is 3.78. The fraction of sp³-hybridized carbons (Fsp3) is 0.538. The normalized spacial score (nSPS) is 12.6. The molecule has 0 heterocycles. The van der Waals surface area contributed by atoms with Gasteiger partial charge in [-0.25, -0.2) is 0 Å². The molecule has 0 amide bonds. The van der Waals surface area contributed by atoms with Crippen molar-refractivity contribution >= 4 is 10.8 Å². The van der Waals surface area contributed by atoms with Crippen LogP contribution in [0, 0.1) is 0 Å². The maximum atomic E-state index is 11.8. The molecule has 0 radical (unpaired) electrons. The Morgan fingerprint density at radius 1 is 1.00 bits per heavy atom. The van der Waals surface area contributed by atoms with E-state index in [-0.39, 0.29) is 0 Å². The van der Waals surface area contributed by atoms with Crippen molar-refractivity contribution in [1.29, 1.82) is 0 Å². The Morgan fingerprint density at radius 2 is 1.67 bits per heavy atom. The molecule has 0 aliphatic heterocycles. The van der Waals surface area contributed by atoms with Crippen LogP contribution >= 0.6 is 0 Å². The molecule has 0 aromatic heterocycles. The molecule has 15 heavy (non-hydrogen) atoms. The van der Waals surface area contributed by atoms with Gasteiger partial charge in [-0.3, -0.25) is 4.21 Å². The van der Waals surface area contributed by atoms with Crippen LogP contribution in [-0.4, -0.2) is 9.96 Å². The molecule has 0 saturated carbocycles. The van der Waals surface area contributed by atoms with Gasteiger partial charge >= 0.3 is 0 Å². The summed E-state index contributed by atoms with van der Waals surface area (Å²) in [5, 5.41) is 0. The Labute approximate surface area is 95.4 Å². The SMILES string of the molecule is CCCCCCC[S@@](=O)c1ccccc1. The molecule has 0 unspecified atom stereocenters. The molecule has 1 aromatic carbocycles. The van der Waals surface area contributed by atoms with Gasteiger partial charge in [0, 0.05) is 10.6 Å². The minimum Gasteiger partial charge on any atom is -0.254 e. The molecule has 1 nitrogen and oxygen atoms in total. The zero-order valence-corrected chi connectivity index (χ0v) is 10.3. The van der Waals surface area contributed by atoms with E-state index >= 15 is 0 Å². The predicted molar refractivity (Wildman–Crippen MR) is 66.5 cm³/mol. The minimum absolute atomic E-state index is 0.789. The molecule has 1 atom stereocenters. The van der Waals surface area contributed by atoms with Crippen molar-refractivity contribution in [1.82, 2.24) is 0 Å². The molecule has 0 saturated heterocycles. The highest BCUT2D eigenvalue weighted by molar-refractivity contribution is 7.85. The molecule has 0 spiro atoms. The van der Waals surface area contributed by atoms with Gasteiger partial charge in [-0.1, -0.05) is 50.8 Å². The van der Waals surface area contributed by atoms with Crippen LogP contribution in [0.4, 0.5) is 0 Å². The molecular formula is C13H20OS. The first-order valence-corrected chi connectivity index (χ1v) is 7.10. The molecule has 1 rings (SSSR count). The molecule has 0 bridgehead atoms. The van der Waals surface area contributed by atoms with E-state index in [9.17, 15) is 4.21 Å². The summed E-state index contributed by atoms with van der Waals surface area (Å²) in [6.45, 7) is 2.21. The van der Waals surface area contributed by atoms with E-state index < -0.39 is 10.8 Å². The summed E-state index contributed by atoms with van der Waals surface area (Å²) in [5.41, 5.74) is 0. The summed E-state index contributed by atoms with van der Waals surface area (Å²) in [4.78, 5) is 0.966. The number of benzene rings is 1. The number of hydrogen-bond acceptors (Lipinski definition) is 1. The summed E-state index contributed by atoms with van der Waals surface area (Å²) in [6, 6.07) is 9.75. The summed E-state index contributed by atoms with van der Waals surface area (Å²) < 4.78 is 11.8. The Balaban J connectivity index is 2.20. The lowest BCUT2D eigenvalue weighted by atomic mass is 10.2. The van der Waals surface area contributed by atoms with Crippen molar-refractivity contribution in [2.24, 2.45) is 0 Å². The second-order valence-corrected chi connectivity index (χ2v) is 5.35. The van der Waals surface area contributed by atoms with Gasteiger partial charge in [0.2, 0.25) is 0 Å². The van der Waals surface area contributed by atoms with Crippen molar-refractivity contribution in [2.75, 3.05) is 5.75 Å². The molecule has 1 aromatic rings. The Bertz CT molecular complexity index is 282. The van der Waals surface area contributed by atoms with Gasteiger partial charge in [-0.15, -0.1) is 0 Å². The van der Waals surface area contributed by atoms with Crippen LogP contribution in [0.2, 0.25) is 0 Å². The van der Waals surface area contributed by atoms with Gasteiger partial charge in [-0.2, -0.15) is 0 Å². The van der Waals surface area contributed by atoms with Gasteiger partial charge in [0.1, 0.15) is 0 Å². The highest BCUT2D eigenvalue weighted by atomic mass is 32.2. The smallest absolute Gasteiger partial charge is 0.0529 e. The topological polar surface area (TPSA) is 17.1 Å². The molecule has 84 valence electrons. The average Bonchev–Trinajstić information content (AvgIpc) is 2.30. The maximum Gasteiger partial charge on any atom is 0.0529 e. The van der Waals surface area contributed by atoms with Gasteiger partial charge in [0.05, 0.1) is 10.8 Å². The second kappa shape index (κ2) is 7.63. The lowest BCUT2D eigenvalue weighted by molar-refractivity contribution is 0.647. The Hall–Kier alpha value is -0.630. The van der Waals surface area contributed by atoms with E-state index in [4.69, 9.17) is 0 Å². The minimum atomic E-state index is -0.789. The molecule has 0 aliphatic rings. The standard InChI is InChI=1S/C13H20OS/c1-2-3-4-5-9-12-15(14)13-10-7-6-8-11-13/h6-8,10-11H,2-5,9,12H2,1H3/t15-/m1/s1. The van der Waals surface area contributed by atoms with Gasteiger partial charge in [0.15, 0.2) is 0 Å². The summed E-state index contributed by atoms with van der Waals surface area (Å²) in [5.74, 6) is 0.813. The molecule has 0 fully saturated rings. The van der Waals surface area contributed by atoms with E-state index in [0.717, 1.165) is 17.1 Å². The van der Waals surface area contributed by atoms with Gasteiger partial charge < -0.3 is 0 Å². The molecule has 0 aliphatic carbocycles. The Kier molecular flexibility index (Phi) is 6.33. The third-order valence-corrected chi connectivity index (χ3v) is 3.90. The zero-order chi connectivity index (χ0) is 10.9. The first kappa shape index (κ1) is 12.4. The van der Waals surface area contributed by atoms with E-state index in [2.05, 4.69) is 6.92 Å². The Morgan fingerprint density at radius 3 is 2.33 bits per heavy atom. The van der Waals surface area contributed by atoms with Crippen molar-refractivity contribution in [3.63, 3.8) is 0 Å². The van der Waals surface area contributed by atoms with E-state index in [0.29, 0.717) is 0 Å². The lowest BCUT2D eigenvalue weighted by Crippen LogP contribution is -1.97. The fourth-order valence-corrected chi connectivity index (χ4v) is 2.69. The number of rotatable bonds is 7. The van der Waals surface area contributed by atoms with Crippen LogP contribution in [0.5, 0.6) is 0 Å². The fourth-order valence-electron chi connectivity index (χ4n) is 1.53.